The SMILES string of the molecule is CC[C@H](C)[C@H](NC(=O)CSCC(=O)O)C(=O)O. The van der Waals surface area contributed by atoms with E-state index in [1.54, 1.807) is 6.92 Å². The molecule has 0 spiro atoms. The van der Waals surface area contributed by atoms with E-state index in [1.807, 2.05) is 6.92 Å². The lowest BCUT2D eigenvalue weighted by molar-refractivity contribution is -0.143. The summed E-state index contributed by atoms with van der Waals surface area (Å²) in [5.41, 5.74) is 0. The molecule has 3 N–H and O–H groups in total. The van der Waals surface area contributed by atoms with Crippen LogP contribution in [0.3, 0.4) is 0 Å². The largest absolute Gasteiger partial charge is 0.481 e. The van der Waals surface area contributed by atoms with Crippen LogP contribution in [0.25, 0.3) is 0 Å². The van der Waals surface area contributed by atoms with E-state index < -0.39 is 23.9 Å². The van der Waals surface area contributed by atoms with E-state index in [0.717, 1.165) is 11.8 Å². The molecular weight excluding hydrogens is 246 g/mol. The predicted molar refractivity (Wildman–Crippen MR) is 64.0 cm³/mol. The van der Waals surface area contributed by atoms with E-state index in [1.165, 1.54) is 0 Å². The maximum absolute atomic E-state index is 11.4. The van der Waals surface area contributed by atoms with Crippen molar-refractivity contribution in [2.24, 2.45) is 5.92 Å². The number of hydrogen-bond acceptors (Lipinski definition) is 4. The van der Waals surface area contributed by atoms with Crippen molar-refractivity contribution in [3.63, 3.8) is 0 Å². The van der Waals surface area contributed by atoms with Crippen LogP contribution in [0.5, 0.6) is 0 Å². The monoisotopic (exact) mass is 263 g/mol. The Labute approximate surface area is 104 Å². The first-order valence-electron chi connectivity index (χ1n) is 5.20. The van der Waals surface area contributed by atoms with Gasteiger partial charge in [-0.15, -0.1) is 11.8 Å². The van der Waals surface area contributed by atoms with Crippen LogP contribution in [0.15, 0.2) is 0 Å². The first-order valence-corrected chi connectivity index (χ1v) is 6.35. The van der Waals surface area contributed by atoms with Gasteiger partial charge in [-0.05, 0) is 5.92 Å². The minimum absolute atomic E-state index is 0.0491. The molecule has 0 saturated heterocycles. The molecule has 0 heterocycles. The normalized spacial score (nSPS) is 13.8. The molecule has 0 rings (SSSR count). The fourth-order valence-electron chi connectivity index (χ4n) is 1.13. The van der Waals surface area contributed by atoms with Gasteiger partial charge >= 0.3 is 11.9 Å². The van der Waals surface area contributed by atoms with Crippen molar-refractivity contribution in [2.75, 3.05) is 11.5 Å². The van der Waals surface area contributed by atoms with Crippen LogP contribution in [-0.4, -0.2) is 45.6 Å². The van der Waals surface area contributed by atoms with Crippen LogP contribution in [0, 0.1) is 5.92 Å². The van der Waals surface area contributed by atoms with E-state index in [2.05, 4.69) is 5.32 Å². The molecular formula is C10H17NO5S. The molecule has 0 saturated carbocycles. The number of amides is 1. The third-order valence-electron chi connectivity index (χ3n) is 2.25. The van der Waals surface area contributed by atoms with Crippen LogP contribution in [0.1, 0.15) is 20.3 Å². The lowest BCUT2D eigenvalue weighted by atomic mass is 9.99. The lowest BCUT2D eigenvalue weighted by Gasteiger charge is -2.19. The smallest absolute Gasteiger partial charge is 0.326 e. The molecule has 0 aromatic rings. The van der Waals surface area contributed by atoms with Gasteiger partial charge in [0.2, 0.25) is 5.91 Å². The summed E-state index contributed by atoms with van der Waals surface area (Å²) in [5, 5.41) is 19.7. The fourth-order valence-corrected chi connectivity index (χ4v) is 1.67. The van der Waals surface area contributed by atoms with E-state index in [-0.39, 0.29) is 17.4 Å². The second-order valence-electron chi connectivity index (χ2n) is 3.66. The number of nitrogens with one attached hydrogen (secondary N) is 1. The maximum Gasteiger partial charge on any atom is 0.326 e. The molecule has 98 valence electrons. The zero-order valence-corrected chi connectivity index (χ0v) is 10.6. The first-order chi connectivity index (χ1) is 7.88. The highest BCUT2D eigenvalue weighted by Gasteiger charge is 2.25. The number of carboxylic acids is 2. The first kappa shape index (κ1) is 15.8. The van der Waals surface area contributed by atoms with Gasteiger partial charge in [-0.2, -0.15) is 0 Å². The van der Waals surface area contributed by atoms with Gasteiger partial charge in [-0.25, -0.2) is 4.79 Å². The fraction of sp³-hybridized carbons (Fsp3) is 0.700. The third kappa shape index (κ3) is 6.83. The van der Waals surface area contributed by atoms with Crippen molar-refractivity contribution in [2.45, 2.75) is 26.3 Å². The number of carbonyl (C=O) groups excluding carboxylic acids is 1. The number of thioether (sulfide) groups is 1. The average molecular weight is 263 g/mol. The quantitative estimate of drug-likeness (QED) is 0.586. The Hall–Kier alpha value is -1.24. The molecule has 0 radical (unpaired) electrons. The van der Waals surface area contributed by atoms with Crippen molar-refractivity contribution in [3.8, 4) is 0 Å². The summed E-state index contributed by atoms with van der Waals surface area (Å²) in [6, 6.07) is -0.919. The molecule has 0 fully saturated rings. The highest BCUT2D eigenvalue weighted by Crippen LogP contribution is 2.08. The van der Waals surface area contributed by atoms with Gasteiger partial charge in [0.1, 0.15) is 6.04 Å². The summed E-state index contributed by atoms with van der Waals surface area (Å²) in [6.45, 7) is 3.58. The Kier molecular flexibility index (Phi) is 7.36. The number of rotatable bonds is 8. The minimum Gasteiger partial charge on any atom is -0.481 e. The molecule has 7 heteroatoms. The third-order valence-corrected chi connectivity index (χ3v) is 3.17. The molecule has 17 heavy (non-hydrogen) atoms. The Morgan fingerprint density at radius 3 is 2.24 bits per heavy atom. The van der Waals surface area contributed by atoms with Gasteiger partial charge in [0.25, 0.3) is 0 Å². The van der Waals surface area contributed by atoms with Gasteiger partial charge in [-0.1, -0.05) is 20.3 Å². The summed E-state index contributed by atoms with van der Waals surface area (Å²) in [7, 11) is 0. The standard InChI is InChI=1S/C10H17NO5S/c1-3-6(2)9(10(15)16)11-7(12)4-17-5-8(13)14/h6,9H,3-5H2,1-2H3,(H,11,12)(H,13,14)(H,15,16)/t6-,9-/m0/s1. The summed E-state index contributed by atoms with van der Waals surface area (Å²) in [4.78, 5) is 32.5. The summed E-state index contributed by atoms with van der Waals surface area (Å²) < 4.78 is 0. The van der Waals surface area contributed by atoms with Crippen LogP contribution < -0.4 is 5.32 Å². The van der Waals surface area contributed by atoms with Crippen molar-refractivity contribution < 1.29 is 24.6 Å². The van der Waals surface area contributed by atoms with Crippen LogP contribution >= 0.6 is 11.8 Å². The van der Waals surface area contributed by atoms with Crippen molar-refractivity contribution in [3.05, 3.63) is 0 Å². The minimum atomic E-state index is -1.07. The Bertz CT molecular complexity index is 294. The van der Waals surface area contributed by atoms with Gasteiger partial charge in [0.05, 0.1) is 11.5 Å². The zero-order chi connectivity index (χ0) is 13.4. The molecule has 0 aromatic heterocycles. The zero-order valence-electron chi connectivity index (χ0n) is 9.80. The molecule has 0 aromatic carbocycles. The summed E-state index contributed by atoms with van der Waals surface area (Å²) in [5.74, 6) is -2.92. The molecule has 2 atom stereocenters. The maximum atomic E-state index is 11.4. The van der Waals surface area contributed by atoms with Crippen LogP contribution in [0.4, 0.5) is 0 Å². The lowest BCUT2D eigenvalue weighted by Crippen LogP contribution is -2.45. The Morgan fingerprint density at radius 1 is 1.24 bits per heavy atom. The van der Waals surface area contributed by atoms with E-state index in [0.29, 0.717) is 6.42 Å². The van der Waals surface area contributed by atoms with Crippen molar-refractivity contribution in [1.29, 1.82) is 0 Å². The topological polar surface area (TPSA) is 104 Å². The van der Waals surface area contributed by atoms with E-state index in [4.69, 9.17) is 10.2 Å². The molecule has 0 unspecified atom stereocenters. The van der Waals surface area contributed by atoms with Crippen molar-refractivity contribution in [1.82, 2.24) is 5.32 Å². The highest BCUT2D eigenvalue weighted by molar-refractivity contribution is 8.00. The number of hydrogen-bond donors (Lipinski definition) is 3. The van der Waals surface area contributed by atoms with Crippen molar-refractivity contribution >= 4 is 29.6 Å². The number of aliphatic carboxylic acids is 2. The molecule has 0 aliphatic heterocycles. The van der Waals surface area contributed by atoms with E-state index >= 15 is 0 Å². The van der Waals surface area contributed by atoms with Crippen LogP contribution in [0.2, 0.25) is 0 Å². The average Bonchev–Trinajstić information content (AvgIpc) is 2.24. The highest BCUT2D eigenvalue weighted by atomic mass is 32.2. The number of carboxylic acid groups (broad SMARTS) is 2. The second-order valence-corrected chi connectivity index (χ2v) is 4.64. The van der Waals surface area contributed by atoms with E-state index in [9.17, 15) is 14.4 Å². The predicted octanol–water partition coefficient (Wildman–Crippen LogP) is 0.420. The molecule has 0 bridgehead atoms. The number of carbonyl (C=O) groups is 3. The Balaban J connectivity index is 4.13. The van der Waals surface area contributed by atoms with Gasteiger partial charge in [-0.3, -0.25) is 9.59 Å². The summed E-state index contributed by atoms with van der Waals surface area (Å²) >= 11 is 0.938. The van der Waals surface area contributed by atoms with Gasteiger partial charge in [0, 0.05) is 0 Å². The Morgan fingerprint density at radius 2 is 1.82 bits per heavy atom. The molecule has 0 aliphatic carbocycles. The van der Waals surface area contributed by atoms with Crippen LogP contribution in [-0.2, 0) is 14.4 Å². The van der Waals surface area contributed by atoms with Gasteiger partial charge < -0.3 is 15.5 Å². The molecule has 1 amide bonds. The second kappa shape index (κ2) is 7.94. The summed E-state index contributed by atoms with van der Waals surface area (Å²) in [6.07, 6.45) is 0.638. The molecule has 0 aliphatic rings. The molecule has 6 nitrogen and oxygen atoms in total. The van der Waals surface area contributed by atoms with Gasteiger partial charge in [0.15, 0.2) is 0 Å².